The monoisotopic (exact) mass is 225 g/mol. The maximum absolute atomic E-state index is 11.3. The normalized spacial score (nSPS) is 22.4. The summed E-state index contributed by atoms with van der Waals surface area (Å²) in [5, 5.41) is 3.33. The van der Waals surface area contributed by atoms with Gasteiger partial charge in [-0.05, 0) is 38.6 Å². The number of nitrogens with two attached hydrogens (primary N) is 1. The van der Waals surface area contributed by atoms with Crippen LogP contribution in [0.5, 0.6) is 0 Å². The number of nitrogens with zero attached hydrogens (tertiary/aromatic N) is 1. The van der Waals surface area contributed by atoms with Crippen LogP contribution < -0.4 is 11.1 Å². The molecule has 4 nitrogen and oxygen atoms in total. The van der Waals surface area contributed by atoms with Gasteiger partial charge in [0.1, 0.15) is 0 Å². The molecule has 0 bridgehead atoms. The van der Waals surface area contributed by atoms with Gasteiger partial charge in [-0.3, -0.25) is 4.79 Å². The number of hydrogen-bond donors (Lipinski definition) is 2. The first-order valence-corrected chi connectivity index (χ1v) is 6.50. The lowest BCUT2D eigenvalue weighted by Gasteiger charge is -2.22. The van der Waals surface area contributed by atoms with E-state index in [-0.39, 0.29) is 11.9 Å². The van der Waals surface area contributed by atoms with E-state index in [2.05, 4.69) is 17.1 Å². The predicted molar refractivity (Wildman–Crippen MR) is 64.0 cm³/mol. The molecular weight excluding hydrogens is 202 g/mol. The van der Waals surface area contributed by atoms with Gasteiger partial charge in [0.25, 0.3) is 0 Å². The van der Waals surface area contributed by atoms with Gasteiger partial charge in [0.15, 0.2) is 0 Å². The third kappa shape index (κ3) is 3.46. The van der Waals surface area contributed by atoms with Crippen molar-refractivity contribution >= 4 is 5.91 Å². The van der Waals surface area contributed by atoms with Crippen LogP contribution >= 0.6 is 0 Å². The van der Waals surface area contributed by atoms with Crippen molar-refractivity contribution in [3.8, 4) is 0 Å². The highest BCUT2D eigenvalue weighted by molar-refractivity contribution is 5.79. The Morgan fingerprint density at radius 1 is 1.44 bits per heavy atom. The molecule has 2 saturated carbocycles. The second-order valence-electron chi connectivity index (χ2n) is 5.04. The molecule has 2 aliphatic carbocycles. The highest BCUT2D eigenvalue weighted by Gasteiger charge is 2.30. The Kier molecular flexibility index (Phi) is 3.82. The summed E-state index contributed by atoms with van der Waals surface area (Å²) in [6.45, 7) is 4.26. The Bertz CT molecular complexity index is 249. The summed E-state index contributed by atoms with van der Waals surface area (Å²) in [6.07, 6.45) is 5.90. The van der Waals surface area contributed by atoms with Crippen molar-refractivity contribution in [1.82, 2.24) is 10.2 Å². The van der Waals surface area contributed by atoms with Crippen LogP contribution in [0.2, 0.25) is 0 Å². The lowest BCUT2D eigenvalue weighted by atomic mass is 10.2. The fourth-order valence-electron chi connectivity index (χ4n) is 2.18. The van der Waals surface area contributed by atoms with E-state index in [0.29, 0.717) is 6.04 Å². The maximum Gasteiger partial charge on any atom is 0.234 e. The zero-order valence-electron chi connectivity index (χ0n) is 10.1. The molecule has 1 atom stereocenters. The topological polar surface area (TPSA) is 58.4 Å². The summed E-state index contributed by atoms with van der Waals surface area (Å²) in [7, 11) is 0. The predicted octanol–water partition coefficient (Wildman–Crippen LogP) is 0.467. The van der Waals surface area contributed by atoms with Gasteiger partial charge in [0, 0.05) is 18.6 Å². The number of carbonyl (C=O) groups is 1. The van der Waals surface area contributed by atoms with Crippen LogP contribution in [-0.2, 0) is 4.79 Å². The third-order valence-corrected chi connectivity index (χ3v) is 3.53. The van der Waals surface area contributed by atoms with Crippen LogP contribution in [0.4, 0.5) is 0 Å². The number of carbonyl (C=O) groups excluding carboxylic acids is 1. The summed E-state index contributed by atoms with van der Waals surface area (Å²) < 4.78 is 0. The van der Waals surface area contributed by atoms with Crippen molar-refractivity contribution in [3.05, 3.63) is 0 Å². The summed E-state index contributed by atoms with van der Waals surface area (Å²) in [5.74, 6) is -0.196. The number of rotatable bonds is 8. The molecule has 0 radical (unpaired) electrons. The molecule has 2 aliphatic rings. The summed E-state index contributed by atoms with van der Waals surface area (Å²) in [5.41, 5.74) is 5.41. The summed E-state index contributed by atoms with van der Waals surface area (Å²) in [6, 6.07) is 1.20. The average molecular weight is 225 g/mol. The Labute approximate surface area is 97.6 Å². The molecule has 0 spiro atoms. The Balaban J connectivity index is 1.72. The van der Waals surface area contributed by atoms with Crippen molar-refractivity contribution in [2.45, 2.75) is 57.2 Å². The van der Waals surface area contributed by atoms with Gasteiger partial charge < -0.3 is 16.0 Å². The minimum atomic E-state index is -0.196. The zero-order chi connectivity index (χ0) is 11.5. The lowest BCUT2D eigenvalue weighted by Crippen LogP contribution is -2.44. The van der Waals surface area contributed by atoms with Crippen molar-refractivity contribution in [2.24, 2.45) is 5.73 Å². The molecule has 92 valence electrons. The van der Waals surface area contributed by atoms with Crippen LogP contribution in [0, 0.1) is 0 Å². The SMILES string of the molecule is CCN(CCC(NC1CC1)C(N)=O)C1CC1. The van der Waals surface area contributed by atoms with E-state index in [0.717, 1.165) is 25.6 Å². The molecule has 16 heavy (non-hydrogen) atoms. The molecule has 0 aliphatic heterocycles. The molecule has 1 amide bonds. The molecule has 0 aromatic heterocycles. The Hall–Kier alpha value is -0.610. The standard InChI is InChI=1S/C12H23N3O/c1-2-15(10-5-6-10)8-7-11(12(13)16)14-9-3-4-9/h9-11,14H,2-8H2,1H3,(H2,13,16). The summed E-state index contributed by atoms with van der Waals surface area (Å²) >= 11 is 0. The lowest BCUT2D eigenvalue weighted by molar-refractivity contribution is -0.120. The number of primary amides is 1. The summed E-state index contributed by atoms with van der Waals surface area (Å²) in [4.78, 5) is 13.8. The minimum absolute atomic E-state index is 0.125. The Morgan fingerprint density at radius 2 is 2.12 bits per heavy atom. The minimum Gasteiger partial charge on any atom is -0.368 e. The average Bonchev–Trinajstić information content (AvgIpc) is 3.11. The van der Waals surface area contributed by atoms with E-state index < -0.39 is 0 Å². The van der Waals surface area contributed by atoms with Gasteiger partial charge in [-0.2, -0.15) is 0 Å². The molecule has 1 unspecified atom stereocenters. The van der Waals surface area contributed by atoms with Crippen LogP contribution in [0.15, 0.2) is 0 Å². The van der Waals surface area contributed by atoms with Crippen LogP contribution in [0.25, 0.3) is 0 Å². The van der Waals surface area contributed by atoms with Gasteiger partial charge in [0.05, 0.1) is 6.04 Å². The van der Waals surface area contributed by atoms with Crippen molar-refractivity contribution in [2.75, 3.05) is 13.1 Å². The molecule has 0 heterocycles. The van der Waals surface area contributed by atoms with E-state index >= 15 is 0 Å². The molecular formula is C12H23N3O. The number of nitrogens with one attached hydrogen (secondary N) is 1. The molecule has 2 fully saturated rings. The first-order valence-electron chi connectivity index (χ1n) is 6.50. The van der Waals surface area contributed by atoms with E-state index in [1.807, 2.05) is 0 Å². The fourth-order valence-corrected chi connectivity index (χ4v) is 2.18. The first-order chi connectivity index (χ1) is 7.70. The molecule has 0 aromatic rings. The maximum atomic E-state index is 11.3. The van der Waals surface area contributed by atoms with Crippen molar-refractivity contribution < 1.29 is 4.79 Å². The van der Waals surface area contributed by atoms with Gasteiger partial charge >= 0.3 is 0 Å². The first kappa shape index (κ1) is 11.9. The molecule has 4 heteroatoms. The van der Waals surface area contributed by atoms with Gasteiger partial charge in [-0.1, -0.05) is 6.92 Å². The second kappa shape index (κ2) is 5.15. The quantitative estimate of drug-likeness (QED) is 0.631. The van der Waals surface area contributed by atoms with Gasteiger partial charge in [-0.25, -0.2) is 0 Å². The van der Waals surface area contributed by atoms with E-state index in [4.69, 9.17) is 5.73 Å². The van der Waals surface area contributed by atoms with Crippen LogP contribution in [0.3, 0.4) is 0 Å². The second-order valence-corrected chi connectivity index (χ2v) is 5.04. The highest BCUT2D eigenvalue weighted by atomic mass is 16.1. The molecule has 0 aromatic carbocycles. The van der Waals surface area contributed by atoms with E-state index in [1.54, 1.807) is 0 Å². The zero-order valence-corrected chi connectivity index (χ0v) is 10.1. The fraction of sp³-hybridized carbons (Fsp3) is 0.917. The van der Waals surface area contributed by atoms with Gasteiger partial charge in [0.2, 0.25) is 5.91 Å². The third-order valence-electron chi connectivity index (χ3n) is 3.53. The molecule has 0 saturated heterocycles. The van der Waals surface area contributed by atoms with Crippen LogP contribution in [0.1, 0.15) is 39.0 Å². The van der Waals surface area contributed by atoms with Crippen LogP contribution in [-0.4, -0.2) is 42.0 Å². The van der Waals surface area contributed by atoms with Crippen molar-refractivity contribution in [1.29, 1.82) is 0 Å². The highest BCUT2D eigenvalue weighted by Crippen LogP contribution is 2.27. The number of amides is 1. The molecule has 3 N–H and O–H groups in total. The smallest absolute Gasteiger partial charge is 0.234 e. The van der Waals surface area contributed by atoms with Crippen molar-refractivity contribution in [3.63, 3.8) is 0 Å². The Morgan fingerprint density at radius 3 is 2.56 bits per heavy atom. The largest absolute Gasteiger partial charge is 0.368 e. The number of hydrogen-bond acceptors (Lipinski definition) is 3. The van der Waals surface area contributed by atoms with E-state index in [9.17, 15) is 4.79 Å². The van der Waals surface area contributed by atoms with E-state index in [1.165, 1.54) is 25.7 Å². The van der Waals surface area contributed by atoms with Gasteiger partial charge in [-0.15, -0.1) is 0 Å². The molecule has 2 rings (SSSR count).